The van der Waals surface area contributed by atoms with Gasteiger partial charge in [0.25, 0.3) is 5.91 Å². The Hall–Kier alpha value is -3.30. The number of fused-ring (bicyclic) bond motifs is 1. The summed E-state index contributed by atoms with van der Waals surface area (Å²) in [7, 11) is 4.00. The van der Waals surface area contributed by atoms with Gasteiger partial charge in [0, 0.05) is 48.3 Å². The van der Waals surface area contributed by atoms with Crippen LogP contribution in [0, 0.1) is 12.0 Å². The zero-order chi connectivity index (χ0) is 21.1. The lowest BCUT2D eigenvalue weighted by Crippen LogP contribution is -2.33. The van der Waals surface area contributed by atoms with Gasteiger partial charge in [-0.25, -0.2) is 0 Å². The molecule has 148 valence electrons. The molecule has 7 heteroatoms. The normalized spacial score (nSPS) is 11.4. The highest BCUT2D eigenvalue weighted by Gasteiger charge is 2.19. The third-order valence-electron chi connectivity index (χ3n) is 4.53. The van der Waals surface area contributed by atoms with E-state index >= 15 is 0 Å². The molecule has 0 aliphatic carbocycles. The van der Waals surface area contributed by atoms with Gasteiger partial charge in [0.1, 0.15) is 0 Å². The summed E-state index contributed by atoms with van der Waals surface area (Å²) in [6.07, 6.45) is 3.73. The van der Waals surface area contributed by atoms with E-state index in [0.29, 0.717) is 5.56 Å². The van der Waals surface area contributed by atoms with Crippen LogP contribution in [0.5, 0.6) is 0 Å². The van der Waals surface area contributed by atoms with Crippen molar-refractivity contribution in [2.24, 2.45) is 0 Å². The first-order chi connectivity index (χ1) is 14.5. The molecule has 5 nitrogen and oxygen atoms in total. The summed E-state index contributed by atoms with van der Waals surface area (Å²) >= 11 is 3.28. The van der Waals surface area contributed by atoms with Gasteiger partial charge in [0.15, 0.2) is 0 Å². The fourth-order valence-corrected chi connectivity index (χ4v) is 4.26. The molecule has 0 bridgehead atoms. The molecule has 30 heavy (non-hydrogen) atoms. The molecule has 2 heterocycles. The van der Waals surface area contributed by atoms with Crippen molar-refractivity contribution in [1.29, 1.82) is 0 Å². The summed E-state index contributed by atoms with van der Waals surface area (Å²) in [6, 6.07) is 18.5. The highest BCUT2D eigenvalue weighted by Crippen LogP contribution is 2.27. The minimum absolute atomic E-state index is 0.145. The number of rotatable bonds is 4. The largest absolute Gasteiger partial charge is 0.537 e. The maximum Gasteiger partial charge on any atom is 0.537 e. The second-order valence-electron chi connectivity index (χ2n) is 6.81. The Kier molecular flexibility index (Phi) is 5.73. The number of carbonyl (C=O) groups excluding carboxylic acids is 1. The molecule has 0 unspecified atom stereocenters. The number of nitrogens with one attached hydrogen (secondary N) is 1. The highest BCUT2D eigenvalue weighted by atomic mass is 32.2. The maximum atomic E-state index is 12.6. The van der Waals surface area contributed by atoms with Crippen LogP contribution in [0.4, 0.5) is 11.4 Å². The number of thiophene rings is 1. The summed E-state index contributed by atoms with van der Waals surface area (Å²) in [5.41, 5.74) is 3.25. The molecule has 1 aromatic heterocycles. The van der Waals surface area contributed by atoms with Crippen molar-refractivity contribution in [2.75, 3.05) is 30.6 Å². The number of benzene rings is 2. The fourth-order valence-electron chi connectivity index (χ4n) is 2.92. The number of nitrogens with zero attached hydrogens (tertiary/aromatic N) is 3. The van der Waals surface area contributed by atoms with E-state index in [1.165, 1.54) is 0 Å². The van der Waals surface area contributed by atoms with Crippen molar-refractivity contribution in [3.63, 3.8) is 0 Å². The number of thioether (sulfide) groups is 1. The minimum atomic E-state index is -0.145. The molecule has 2 aromatic carbocycles. The molecule has 1 amide bonds. The Bertz CT molecular complexity index is 1360. The van der Waals surface area contributed by atoms with Crippen LogP contribution >= 0.6 is 23.1 Å². The van der Waals surface area contributed by atoms with Crippen molar-refractivity contribution in [3.05, 3.63) is 75.8 Å². The Labute approximate surface area is 183 Å². The van der Waals surface area contributed by atoms with Crippen LogP contribution in [0.1, 0.15) is 15.9 Å². The van der Waals surface area contributed by atoms with Gasteiger partial charge in [-0.1, -0.05) is 6.07 Å². The number of hydrogen-bond acceptors (Lipinski definition) is 4. The van der Waals surface area contributed by atoms with Crippen molar-refractivity contribution in [3.8, 4) is 12.0 Å². The van der Waals surface area contributed by atoms with Gasteiger partial charge in [0.2, 0.25) is 6.04 Å². The average Bonchev–Trinajstić information content (AvgIpc) is 3.38. The quantitative estimate of drug-likeness (QED) is 0.297. The van der Waals surface area contributed by atoms with Crippen LogP contribution in [0.15, 0.2) is 58.1 Å². The summed E-state index contributed by atoms with van der Waals surface area (Å²) in [6.45, 7) is 0. The van der Waals surface area contributed by atoms with E-state index in [1.54, 1.807) is 46.1 Å². The first-order valence-corrected chi connectivity index (χ1v) is 11.3. The number of anilines is 2. The van der Waals surface area contributed by atoms with Crippen LogP contribution < -0.4 is 30.2 Å². The molecule has 1 aliphatic rings. The standard InChI is InChI=1S/C23H19N4OS2/c1-26(2)19-7-8-21-20(13-19)24-15-27(21)10-9-16-5-4-6-17(11-16)23(28)25-18-12-22(29-3)30-14-18/h4-8,11-15H,1-3H3/q+1/p+1. The molecule has 0 fully saturated rings. The van der Waals surface area contributed by atoms with E-state index in [1.807, 2.05) is 67.0 Å². The zero-order valence-electron chi connectivity index (χ0n) is 16.8. The summed E-state index contributed by atoms with van der Waals surface area (Å²) < 4.78 is 7.41. The third kappa shape index (κ3) is 4.32. The Morgan fingerprint density at radius 3 is 2.83 bits per heavy atom. The Morgan fingerprint density at radius 2 is 2.07 bits per heavy atom. The predicted octanol–water partition coefficient (Wildman–Crippen LogP) is 2.02. The van der Waals surface area contributed by atoms with Gasteiger partial charge in [0.05, 0.1) is 16.0 Å². The molecular weight excluding hydrogens is 412 g/mol. The Balaban J connectivity index is 1.56. The molecule has 0 saturated heterocycles. The summed E-state index contributed by atoms with van der Waals surface area (Å²) in [5.74, 6) is 2.99. The van der Waals surface area contributed by atoms with Crippen molar-refractivity contribution < 1.29 is 4.79 Å². The molecule has 0 radical (unpaired) electrons. The predicted molar refractivity (Wildman–Crippen MR) is 126 cm³/mol. The van der Waals surface area contributed by atoms with E-state index in [9.17, 15) is 4.79 Å². The van der Waals surface area contributed by atoms with Crippen LogP contribution in [0.2, 0.25) is 0 Å². The summed E-state index contributed by atoms with van der Waals surface area (Å²) in [4.78, 5) is 14.6. The van der Waals surface area contributed by atoms with Crippen LogP contribution in [-0.4, -0.2) is 32.6 Å². The molecular formula is C23H20N4OS2+2. The first kappa shape index (κ1) is 20.0. The molecule has 1 aliphatic heterocycles. The topological polar surface area (TPSA) is 49.5 Å². The van der Waals surface area contributed by atoms with Crippen molar-refractivity contribution >= 4 is 46.7 Å². The van der Waals surface area contributed by atoms with Gasteiger partial charge in [-0.3, -0.25) is 4.79 Å². The summed E-state index contributed by atoms with van der Waals surface area (Å²) in [5, 5.41) is 6.72. The van der Waals surface area contributed by atoms with E-state index in [2.05, 4.69) is 21.9 Å². The Morgan fingerprint density at radius 1 is 1.20 bits per heavy atom. The van der Waals surface area contributed by atoms with Crippen LogP contribution in [-0.2, 0) is 0 Å². The minimum Gasteiger partial charge on any atom is -0.377 e. The second kappa shape index (κ2) is 8.60. The second-order valence-corrected chi connectivity index (χ2v) is 8.83. The molecule has 0 spiro atoms. The van der Waals surface area contributed by atoms with Crippen LogP contribution in [0.25, 0.3) is 0 Å². The van der Waals surface area contributed by atoms with E-state index in [0.717, 1.165) is 31.9 Å². The maximum absolute atomic E-state index is 12.6. The monoisotopic (exact) mass is 432 g/mol. The lowest BCUT2D eigenvalue weighted by molar-refractivity contribution is 0.102. The smallest absolute Gasteiger partial charge is 0.377 e. The number of amides is 1. The molecule has 4 rings (SSSR count). The third-order valence-corrected chi connectivity index (χ3v) is 6.56. The average molecular weight is 433 g/mol. The zero-order valence-corrected chi connectivity index (χ0v) is 18.5. The molecule has 0 atom stereocenters. The fraction of sp³-hybridized carbons (Fsp3) is 0.130. The number of carbonyl (C=O) groups is 1. The van der Waals surface area contributed by atoms with Crippen molar-refractivity contribution in [1.82, 2.24) is 9.24 Å². The SMILES string of the molecule is CSc1cc(NC(=O)c2cccc(C#C[N+]3=c4ccc(N(C)C)cc4=[N+]=C3)c2)cs1. The van der Waals surface area contributed by atoms with Gasteiger partial charge in [-0.05, 0) is 45.8 Å². The lowest BCUT2D eigenvalue weighted by atomic mass is 10.1. The first-order valence-electron chi connectivity index (χ1n) is 9.24. The van der Waals surface area contributed by atoms with Crippen molar-refractivity contribution in [2.45, 2.75) is 4.21 Å². The van der Waals surface area contributed by atoms with Gasteiger partial charge < -0.3 is 10.2 Å². The van der Waals surface area contributed by atoms with E-state index in [-0.39, 0.29) is 5.91 Å². The van der Waals surface area contributed by atoms with Gasteiger partial charge in [-0.15, -0.1) is 23.1 Å². The van der Waals surface area contributed by atoms with Gasteiger partial charge >= 0.3 is 17.1 Å². The number of hydrogen-bond donors (Lipinski definition) is 1. The molecule has 3 aromatic rings. The lowest BCUT2D eigenvalue weighted by Gasteiger charge is -2.08. The van der Waals surface area contributed by atoms with Crippen LogP contribution in [0.3, 0.4) is 0 Å². The van der Waals surface area contributed by atoms with E-state index in [4.69, 9.17) is 0 Å². The van der Waals surface area contributed by atoms with E-state index < -0.39 is 0 Å². The molecule has 0 saturated carbocycles. The van der Waals surface area contributed by atoms with Gasteiger partial charge in [-0.2, -0.15) is 0 Å². The molecule has 1 N–H and O–H groups in total. The highest BCUT2D eigenvalue weighted by molar-refractivity contribution is 8.00.